The number of hydrogen-bond acceptors (Lipinski definition) is 7. The molecule has 2 heterocycles. The van der Waals surface area contributed by atoms with E-state index in [4.69, 9.17) is 20.9 Å². The Morgan fingerprint density at radius 1 is 1.26 bits per heavy atom. The Morgan fingerprint density at radius 3 is 2.55 bits per heavy atom. The van der Waals surface area contributed by atoms with Crippen LogP contribution in [0.1, 0.15) is 69.4 Å². The molecule has 4 rings (SSSR count). The summed E-state index contributed by atoms with van der Waals surface area (Å²) in [5.74, 6) is 1.19. The fourth-order valence-corrected chi connectivity index (χ4v) is 4.16. The molecule has 2 aromatic rings. The molecule has 0 fully saturated rings. The maximum atomic E-state index is 12.8. The van der Waals surface area contributed by atoms with E-state index >= 15 is 0 Å². The number of nitrogens with two attached hydrogens (primary N) is 2. The molecule has 0 aromatic heterocycles. The fourth-order valence-electron chi connectivity index (χ4n) is 4.16. The molecule has 5 N–H and O–H groups in total. The molecule has 38 heavy (non-hydrogen) atoms. The average Bonchev–Trinajstić information content (AvgIpc) is 2.81. The minimum Gasteiger partial charge on any atom is -0.491 e. The van der Waals surface area contributed by atoms with Crippen LogP contribution in [0.4, 0.5) is 0 Å². The number of benzene rings is 2. The Kier molecular flexibility index (Phi) is 8.72. The summed E-state index contributed by atoms with van der Waals surface area (Å²) in [5.41, 5.74) is 12.7. The van der Waals surface area contributed by atoms with Crippen LogP contribution >= 0.6 is 0 Å². The number of hydrogen-bond donors (Lipinski definition) is 3. The first-order valence-corrected chi connectivity index (χ1v) is 12.8. The van der Waals surface area contributed by atoms with Gasteiger partial charge in [0.15, 0.2) is 5.96 Å². The molecule has 2 amide bonds. The molecule has 2 aliphatic heterocycles. The zero-order valence-corrected chi connectivity index (χ0v) is 23.2. The molecule has 2 aliphatic rings. The number of nitrogens with zero attached hydrogens (tertiary/aromatic N) is 2. The van der Waals surface area contributed by atoms with Crippen molar-refractivity contribution in [3.63, 3.8) is 0 Å². The number of para-hydroxylation sites is 1. The fraction of sp³-hybridized carbons (Fsp3) is 0.483. The molecule has 0 bridgehead atoms. The highest BCUT2D eigenvalue weighted by Gasteiger charge is 2.38. The second-order valence-corrected chi connectivity index (χ2v) is 11.3. The van der Waals surface area contributed by atoms with E-state index < -0.39 is 17.0 Å². The summed E-state index contributed by atoms with van der Waals surface area (Å²) < 4.78 is 11.3. The predicted octanol–water partition coefficient (Wildman–Crippen LogP) is 3.41. The van der Waals surface area contributed by atoms with Crippen molar-refractivity contribution in [2.45, 2.75) is 78.2 Å². The Labute approximate surface area is 224 Å². The normalized spacial score (nSPS) is 21.1. The third kappa shape index (κ3) is 7.25. The molecule has 9 heteroatoms. The van der Waals surface area contributed by atoms with Crippen LogP contribution < -0.4 is 20.9 Å². The molecule has 0 radical (unpaired) electrons. The summed E-state index contributed by atoms with van der Waals surface area (Å²) in [4.78, 5) is 30.4. The molecule has 2 aromatic carbocycles. The molecule has 9 nitrogen and oxygen atoms in total. The molecule has 2 unspecified atom stereocenters. The van der Waals surface area contributed by atoms with Crippen LogP contribution in [0.2, 0.25) is 0 Å². The summed E-state index contributed by atoms with van der Waals surface area (Å²) in [6, 6.07) is 12.8. The van der Waals surface area contributed by atoms with Gasteiger partial charge in [-0.1, -0.05) is 32.0 Å². The lowest BCUT2D eigenvalue weighted by atomic mass is 9.84. The van der Waals surface area contributed by atoms with Gasteiger partial charge in [-0.2, -0.15) is 0 Å². The summed E-state index contributed by atoms with van der Waals surface area (Å²) in [7, 11) is 0. The first-order chi connectivity index (χ1) is 17.7. The number of fused-ring (bicyclic) bond motifs is 1. The van der Waals surface area contributed by atoms with E-state index in [0.29, 0.717) is 23.5 Å². The predicted molar refractivity (Wildman–Crippen MR) is 147 cm³/mol. The number of amides is 2. The topological polar surface area (TPSA) is 140 Å². The summed E-state index contributed by atoms with van der Waals surface area (Å²) in [5, 5.41) is 9.23. The van der Waals surface area contributed by atoms with Crippen LogP contribution in [0.3, 0.4) is 0 Å². The van der Waals surface area contributed by atoms with Gasteiger partial charge in [-0.25, -0.2) is 4.99 Å². The third-order valence-corrected chi connectivity index (χ3v) is 6.65. The minimum absolute atomic E-state index is 0.107. The first kappa shape index (κ1) is 29.0. The molecular formula is C29H40N4O5. The Bertz CT molecular complexity index is 1200. The van der Waals surface area contributed by atoms with Crippen molar-refractivity contribution in [2.24, 2.45) is 22.4 Å². The van der Waals surface area contributed by atoms with Crippen molar-refractivity contribution >= 4 is 17.8 Å². The number of primary amides is 1. The number of carbonyl (C=O) groups excluding carboxylic acids is 2. The van der Waals surface area contributed by atoms with E-state index in [1.54, 1.807) is 18.2 Å². The first-order valence-electron chi connectivity index (χ1n) is 12.8. The second-order valence-electron chi connectivity index (χ2n) is 11.3. The van der Waals surface area contributed by atoms with Gasteiger partial charge in [0.2, 0.25) is 11.8 Å². The van der Waals surface area contributed by atoms with Gasteiger partial charge in [0.1, 0.15) is 23.7 Å². The van der Waals surface area contributed by atoms with Crippen LogP contribution in [0.5, 0.6) is 11.5 Å². The lowest BCUT2D eigenvalue weighted by Crippen LogP contribution is -2.51. The molecule has 0 saturated carbocycles. The van der Waals surface area contributed by atoms with E-state index in [9.17, 15) is 14.7 Å². The highest BCUT2D eigenvalue weighted by atomic mass is 16.5. The standard InChI is InChI=1S/C20H30N4O3.C9H10O2/c1-12(2)20(6)10-16(25)24(18(22)23-20)11-14-9-13(17(21)26)7-8-15(14)27-19(3,4)5;10-8-5-7-3-1-2-4-9(7)11-6-8/h7-9,12H,10-11H2,1-6H3,(H2,21,26)(H2,22,23);1-4,8,10H,5-6H2. The van der Waals surface area contributed by atoms with Crippen molar-refractivity contribution in [3.05, 3.63) is 59.2 Å². The zero-order chi connectivity index (χ0) is 28.3. The average molecular weight is 525 g/mol. The Balaban J connectivity index is 0.000000299. The van der Waals surface area contributed by atoms with Gasteiger partial charge in [-0.3, -0.25) is 14.5 Å². The van der Waals surface area contributed by atoms with Crippen LogP contribution in [0, 0.1) is 5.92 Å². The third-order valence-electron chi connectivity index (χ3n) is 6.65. The number of aliphatic hydroxyl groups is 1. The smallest absolute Gasteiger partial charge is 0.248 e. The highest BCUT2D eigenvalue weighted by molar-refractivity contribution is 5.99. The van der Waals surface area contributed by atoms with Crippen molar-refractivity contribution in [3.8, 4) is 11.5 Å². The number of rotatable bonds is 5. The van der Waals surface area contributed by atoms with Crippen LogP contribution in [0.15, 0.2) is 47.5 Å². The summed E-state index contributed by atoms with van der Waals surface area (Å²) >= 11 is 0. The molecule has 0 spiro atoms. The van der Waals surface area contributed by atoms with E-state index in [-0.39, 0.29) is 36.9 Å². The minimum atomic E-state index is -0.544. The monoisotopic (exact) mass is 524 g/mol. The largest absolute Gasteiger partial charge is 0.491 e. The number of guanidine groups is 1. The molecule has 0 aliphatic carbocycles. The highest BCUT2D eigenvalue weighted by Crippen LogP contribution is 2.32. The Morgan fingerprint density at radius 2 is 1.95 bits per heavy atom. The molecule has 2 atom stereocenters. The lowest BCUT2D eigenvalue weighted by molar-refractivity contribution is -0.130. The van der Waals surface area contributed by atoms with Gasteiger partial charge in [0.05, 0.1) is 24.6 Å². The van der Waals surface area contributed by atoms with E-state index in [0.717, 1.165) is 17.7 Å². The summed E-state index contributed by atoms with van der Waals surface area (Å²) in [6.45, 7) is 12.3. The van der Waals surface area contributed by atoms with Crippen molar-refractivity contribution < 1.29 is 24.2 Å². The van der Waals surface area contributed by atoms with Crippen molar-refractivity contribution in [1.82, 2.24) is 4.90 Å². The maximum Gasteiger partial charge on any atom is 0.248 e. The lowest BCUT2D eigenvalue weighted by Gasteiger charge is -2.37. The van der Waals surface area contributed by atoms with Gasteiger partial charge in [0, 0.05) is 17.5 Å². The molecular weight excluding hydrogens is 484 g/mol. The summed E-state index contributed by atoms with van der Waals surface area (Å²) in [6.07, 6.45) is 0.664. The van der Waals surface area contributed by atoms with Gasteiger partial charge in [-0.05, 0) is 63.4 Å². The molecule has 206 valence electrons. The Hall–Kier alpha value is -3.59. The van der Waals surface area contributed by atoms with E-state index in [2.05, 4.69) is 4.99 Å². The van der Waals surface area contributed by atoms with Crippen molar-refractivity contribution in [1.29, 1.82) is 0 Å². The number of aliphatic imine (C=N–C) groups is 1. The zero-order valence-electron chi connectivity index (χ0n) is 23.2. The molecule has 0 saturated heterocycles. The van der Waals surface area contributed by atoms with Gasteiger partial charge < -0.3 is 26.0 Å². The number of carbonyl (C=O) groups is 2. The SMILES string of the molecule is CC(C)C1(C)CC(=O)N(Cc2cc(C(N)=O)ccc2OC(C)(C)C)C(N)=N1.OC1COc2ccccc2C1. The van der Waals surface area contributed by atoms with Crippen LogP contribution in [-0.2, 0) is 17.8 Å². The van der Waals surface area contributed by atoms with Gasteiger partial charge in [-0.15, -0.1) is 0 Å². The van der Waals surface area contributed by atoms with E-state index in [1.165, 1.54) is 4.90 Å². The van der Waals surface area contributed by atoms with E-state index in [1.807, 2.05) is 65.8 Å². The quantitative estimate of drug-likeness (QED) is 0.548. The number of ether oxygens (including phenoxy) is 2. The second kappa shape index (κ2) is 11.4. The van der Waals surface area contributed by atoms with Gasteiger partial charge in [0.25, 0.3) is 0 Å². The van der Waals surface area contributed by atoms with Crippen LogP contribution in [-0.4, -0.2) is 51.6 Å². The van der Waals surface area contributed by atoms with Crippen molar-refractivity contribution in [2.75, 3.05) is 6.61 Å². The maximum absolute atomic E-state index is 12.8. The van der Waals surface area contributed by atoms with Crippen LogP contribution in [0.25, 0.3) is 0 Å². The van der Waals surface area contributed by atoms with Gasteiger partial charge >= 0.3 is 0 Å². The number of aliphatic hydroxyl groups excluding tert-OH is 1.